The lowest BCUT2D eigenvalue weighted by atomic mass is 10.1. The van der Waals surface area contributed by atoms with Crippen molar-refractivity contribution in [1.82, 2.24) is 5.32 Å². The van der Waals surface area contributed by atoms with Gasteiger partial charge in [0.25, 0.3) is 11.8 Å². The van der Waals surface area contributed by atoms with Crippen molar-refractivity contribution in [3.05, 3.63) is 24.3 Å². The third-order valence-corrected chi connectivity index (χ3v) is 5.12. The fourth-order valence-electron chi connectivity index (χ4n) is 3.63. The molecule has 3 atom stereocenters. The van der Waals surface area contributed by atoms with E-state index in [0.717, 1.165) is 32.6 Å². The summed E-state index contributed by atoms with van der Waals surface area (Å²) in [4.78, 5) is 27.5. The normalized spacial score (nSPS) is 21.3. The molecular formula is C21H36N4O3+2. The predicted molar refractivity (Wildman–Crippen MR) is 110 cm³/mol. The van der Waals surface area contributed by atoms with Crippen molar-refractivity contribution in [3.63, 3.8) is 0 Å². The molecular weight excluding hydrogens is 356 g/mol. The lowest BCUT2D eigenvalue weighted by molar-refractivity contribution is -0.942. The van der Waals surface area contributed by atoms with Gasteiger partial charge in [-0.1, -0.05) is 12.1 Å². The minimum atomic E-state index is -0.204. The molecule has 0 spiro atoms. The summed E-state index contributed by atoms with van der Waals surface area (Å²) < 4.78 is 5.31. The molecule has 0 saturated carbocycles. The van der Waals surface area contributed by atoms with Gasteiger partial charge in [-0.3, -0.25) is 9.59 Å². The average Bonchev–Trinajstić information content (AvgIpc) is 2.85. The van der Waals surface area contributed by atoms with E-state index in [4.69, 9.17) is 4.74 Å². The van der Waals surface area contributed by atoms with E-state index in [2.05, 4.69) is 10.6 Å². The van der Waals surface area contributed by atoms with Gasteiger partial charge in [0.2, 0.25) is 0 Å². The van der Waals surface area contributed by atoms with Gasteiger partial charge >= 0.3 is 0 Å². The smallest absolute Gasteiger partial charge is 0.282 e. The molecule has 7 heteroatoms. The maximum Gasteiger partial charge on any atom is 0.282 e. The Morgan fingerprint density at radius 1 is 1.14 bits per heavy atom. The van der Waals surface area contributed by atoms with E-state index >= 15 is 0 Å². The molecule has 1 heterocycles. The lowest BCUT2D eigenvalue weighted by Gasteiger charge is -2.24. The molecule has 1 aliphatic rings. The van der Waals surface area contributed by atoms with Gasteiger partial charge in [0.05, 0.1) is 25.9 Å². The molecule has 2 amide bonds. The Bertz CT molecular complexity index is 672. The standard InChI is InChI=1S/C21H34N4O3/c1-16(20(27)22-17-9-6-7-10-18(17)28-5)25-12-8-11-24(13-14-25)15-19(26)23-21(2,3)4/h6-7,9-10,16H,8,11-15H2,1-5H3,(H,22,27)(H,23,26)/p+2/t16-/m0/s1. The maximum absolute atomic E-state index is 12.7. The van der Waals surface area contributed by atoms with Crippen LogP contribution < -0.4 is 25.2 Å². The van der Waals surface area contributed by atoms with E-state index < -0.39 is 0 Å². The van der Waals surface area contributed by atoms with Gasteiger partial charge in [-0.25, -0.2) is 0 Å². The van der Waals surface area contributed by atoms with Crippen molar-refractivity contribution in [2.75, 3.05) is 45.2 Å². The molecule has 156 valence electrons. The van der Waals surface area contributed by atoms with Crippen LogP contribution >= 0.6 is 0 Å². The zero-order valence-corrected chi connectivity index (χ0v) is 17.9. The topological polar surface area (TPSA) is 76.3 Å². The molecule has 28 heavy (non-hydrogen) atoms. The number of anilines is 1. The number of amides is 2. The molecule has 4 N–H and O–H groups in total. The molecule has 0 bridgehead atoms. The number of methoxy groups -OCH3 is 1. The van der Waals surface area contributed by atoms with Gasteiger partial charge in [0.15, 0.2) is 12.6 Å². The van der Waals surface area contributed by atoms with Gasteiger partial charge in [0.1, 0.15) is 18.8 Å². The van der Waals surface area contributed by atoms with E-state index in [1.165, 1.54) is 9.80 Å². The first-order valence-corrected chi connectivity index (χ1v) is 10.1. The minimum Gasteiger partial charge on any atom is -0.495 e. The summed E-state index contributed by atoms with van der Waals surface area (Å²) in [6.07, 6.45) is 1.000. The van der Waals surface area contributed by atoms with Crippen molar-refractivity contribution in [2.45, 2.75) is 45.7 Å². The summed E-state index contributed by atoms with van der Waals surface area (Å²) in [5, 5.41) is 6.03. The largest absolute Gasteiger partial charge is 0.495 e. The fraction of sp³-hybridized carbons (Fsp3) is 0.619. The second-order valence-corrected chi connectivity index (χ2v) is 8.65. The van der Waals surface area contributed by atoms with E-state index in [1.807, 2.05) is 52.0 Å². The summed E-state index contributed by atoms with van der Waals surface area (Å²) >= 11 is 0. The highest BCUT2D eigenvalue weighted by atomic mass is 16.5. The summed E-state index contributed by atoms with van der Waals surface area (Å²) in [5.74, 6) is 0.746. The van der Waals surface area contributed by atoms with Crippen LogP contribution in [0.4, 0.5) is 5.69 Å². The summed E-state index contributed by atoms with van der Waals surface area (Å²) in [5.41, 5.74) is 0.493. The SMILES string of the molecule is COc1ccccc1NC(=O)[C@H](C)[NH+]1CCC[NH+](CC(=O)NC(C)(C)C)CC1. The number of carbonyl (C=O) groups excluding carboxylic acids is 2. The van der Waals surface area contributed by atoms with E-state index in [1.54, 1.807) is 7.11 Å². The van der Waals surface area contributed by atoms with Gasteiger partial charge in [-0.15, -0.1) is 0 Å². The molecule has 0 aliphatic carbocycles. The van der Waals surface area contributed by atoms with Crippen molar-refractivity contribution in [2.24, 2.45) is 0 Å². The Labute approximate surface area is 168 Å². The molecule has 1 aromatic rings. The van der Waals surface area contributed by atoms with Crippen molar-refractivity contribution < 1.29 is 24.1 Å². The highest BCUT2D eigenvalue weighted by Crippen LogP contribution is 2.22. The molecule has 2 unspecified atom stereocenters. The number of para-hydroxylation sites is 2. The zero-order chi connectivity index (χ0) is 20.7. The van der Waals surface area contributed by atoms with Gasteiger partial charge < -0.3 is 25.2 Å². The van der Waals surface area contributed by atoms with Gasteiger partial charge in [0, 0.05) is 12.0 Å². The first kappa shape index (κ1) is 22.2. The lowest BCUT2D eigenvalue weighted by Crippen LogP contribution is -3.20. The number of quaternary nitrogens is 2. The average molecular weight is 393 g/mol. The molecule has 1 fully saturated rings. The monoisotopic (exact) mass is 392 g/mol. The summed E-state index contributed by atoms with van der Waals surface area (Å²) in [7, 11) is 1.60. The van der Waals surface area contributed by atoms with E-state index in [-0.39, 0.29) is 23.4 Å². The van der Waals surface area contributed by atoms with Gasteiger partial charge in [-0.2, -0.15) is 0 Å². The highest BCUT2D eigenvalue weighted by Gasteiger charge is 2.30. The van der Waals surface area contributed by atoms with Crippen LogP contribution in [-0.2, 0) is 9.59 Å². The number of carbonyl (C=O) groups is 2. The van der Waals surface area contributed by atoms with Crippen LogP contribution in [0.5, 0.6) is 5.75 Å². The summed E-state index contributed by atoms with van der Waals surface area (Å²) in [6.45, 7) is 12.1. The zero-order valence-electron chi connectivity index (χ0n) is 17.9. The summed E-state index contributed by atoms with van der Waals surface area (Å²) in [6, 6.07) is 7.29. The van der Waals surface area contributed by atoms with Crippen LogP contribution in [0.2, 0.25) is 0 Å². The third kappa shape index (κ3) is 6.80. The second kappa shape index (κ2) is 9.89. The molecule has 2 rings (SSSR count). The maximum atomic E-state index is 12.7. The number of rotatable bonds is 6. The van der Waals surface area contributed by atoms with Crippen LogP contribution in [0.3, 0.4) is 0 Å². The Morgan fingerprint density at radius 2 is 1.86 bits per heavy atom. The number of hydrogen-bond donors (Lipinski definition) is 4. The van der Waals surface area contributed by atoms with Crippen LogP contribution in [0.15, 0.2) is 24.3 Å². The number of ether oxygens (including phenoxy) is 1. The molecule has 0 radical (unpaired) electrons. The van der Waals surface area contributed by atoms with Crippen molar-refractivity contribution in [1.29, 1.82) is 0 Å². The fourth-order valence-corrected chi connectivity index (χ4v) is 3.63. The van der Waals surface area contributed by atoms with Crippen LogP contribution in [-0.4, -0.2) is 63.2 Å². The molecule has 1 saturated heterocycles. The van der Waals surface area contributed by atoms with Gasteiger partial charge in [-0.05, 0) is 39.8 Å². The Morgan fingerprint density at radius 3 is 2.54 bits per heavy atom. The van der Waals surface area contributed by atoms with E-state index in [0.29, 0.717) is 18.0 Å². The molecule has 7 nitrogen and oxygen atoms in total. The quantitative estimate of drug-likeness (QED) is 0.507. The Balaban J connectivity index is 1.88. The van der Waals surface area contributed by atoms with Crippen LogP contribution in [0.1, 0.15) is 34.1 Å². The van der Waals surface area contributed by atoms with Crippen LogP contribution in [0.25, 0.3) is 0 Å². The van der Waals surface area contributed by atoms with Crippen molar-refractivity contribution >= 4 is 17.5 Å². The molecule has 0 aromatic heterocycles. The van der Waals surface area contributed by atoms with Crippen LogP contribution in [0, 0.1) is 0 Å². The minimum absolute atomic E-state index is 0.00609. The Hall–Kier alpha value is -2.12. The molecule has 1 aromatic carbocycles. The highest BCUT2D eigenvalue weighted by molar-refractivity contribution is 5.94. The van der Waals surface area contributed by atoms with Crippen molar-refractivity contribution in [3.8, 4) is 5.75 Å². The predicted octanol–water partition coefficient (Wildman–Crippen LogP) is -0.890. The number of hydrogen-bond acceptors (Lipinski definition) is 3. The third-order valence-electron chi connectivity index (χ3n) is 5.12. The number of benzene rings is 1. The second-order valence-electron chi connectivity index (χ2n) is 8.65. The first-order chi connectivity index (χ1) is 13.2. The first-order valence-electron chi connectivity index (χ1n) is 10.1. The Kier molecular flexibility index (Phi) is 7.83. The molecule has 1 aliphatic heterocycles. The van der Waals surface area contributed by atoms with E-state index in [9.17, 15) is 9.59 Å². The number of nitrogens with one attached hydrogen (secondary N) is 4.